The highest BCUT2D eigenvalue weighted by atomic mass is 16.4. The van der Waals surface area contributed by atoms with Crippen LogP contribution in [0.2, 0.25) is 0 Å². The lowest BCUT2D eigenvalue weighted by atomic mass is 9.50. The molecule has 144 valence electrons. The van der Waals surface area contributed by atoms with Crippen molar-refractivity contribution in [1.82, 2.24) is 9.78 Å². The molecule has 0 atom stereocenters. The van der Waals surface area contributed by atoms with E-state index in [1.807, 2.05) is 30.3 Å². The second-order valence-electron chi connectivity index (χ2n) is 8.82. The molecule has 6 rings (SSSR count). The molecule has 0 spiro atoms. The van der Waals surface area contributed by atoms with Gasteiger partial charge in [0.2, 0.25) is 0 Å². The summed E-state index contributed by atoms with van der Waals surface area (Å²) in [7, 11) is 1.73. The second-order valence-corrected chi connectivity index (χ2v) is 8.82. The lowest BCUT2D eigenvalue weighted by Crippen LogP contribution is -2.49. The molecule has 4 saturated carbocycles. The lowest BCUT2D eigenvalue weighted by molar-refractivity contribution is -0.0468. The molecule has 3 N–H and O–H groups in total. The number of rotatable bonds is 3. The van der Waals surface area contributed by atoms with Crippen LogP contribution in [0.3, 0.4) is 0 Å². The molecule has 0 saturated heterocycles. The zero-order valence-electron chi connectivity index (χ0n) is 16.0. The average molecular weight is 367 g/mol. The molecule has 27 heavy (non-hydrogen) atoms. The summed E-state index contributed by atoms with van der Waals surface area (Å²) < 4.78 is 1.57. The quantitative estimate of drug-likeness (QED) is 0.861. The Balaban J connectivity index is 0.000000136. The molecule has 1 aromatic carbocycles. The minimum atomic E-state index is -0.957. The molecule has 2 aromatic rings. The summed E-state index contributed by atoms with van der Waals surface area (Å²) in [6.07, 6.45) is 10.4. The van der Waals surface area contributed by atoms with Crippen molar-refractivity contribution >= 4 is 5.97 Å². The highest BCUT2D eigenvalue weighted by molar-refractivity contribution is 5.94. The SMILES string of the molecule is Cn1ncc(C(=O)O)c1-c1ccccc1.NCC12CC3CC(CC(C3)C1)C2. The summed E-state index contributed by atoms with van der Waals surface area (Å²) in [5, 5.41) is 12.9. The molecule has 1 heterocycles. The van der Waals surface area contributed by atoms with Gasteiger partial charge in [0.15, 0.2) is 0 Å². The monoisotopic (exact) mass is 367 g/mol. The molecule has 5 nitrogen and oxygen atoms in total. The number of hydrogen-bond acceptors (Lipinski definition) is 3. The van der Waals surface area contributed by atoms with E-state index in [0.29, 0.717) is 11.1 Å². The summed E-state index contributed by atoms with van der Waals surface area (Å²) in [5.41, 5.74) is 8.26. The van der Waals surface area contributed by atoms with Crippen molar-refractivity contribution in [2.45, 2.75) is 38.5 Å². The van der Waals surface area contributed by atoms with Gasteiger partial charge < -0.3 is 10.8 Å². The molecule has 5 heteroatoms. The molecule has 0 amide bonds. The molecule has 0 aliphatic heterocycles. The fourth-order valence-electron chi connectivity index (χ4n) is 6.07. The van der Waals surface area contributed by atoms with Crippen molar-refractivity contribution in [1.29, 1.82) is 0 Å². The molecule has 0 radical (unpaired) electrons. The Bertz CT molecular complexity index is 777. The van der Waals surface area contributed by atoms with Crippen LogP contribution in [0.1, 0.15) is 48.9 Å². The molecule has 1 aromatic heterocycles. The Morgan fingerprint density at radius 3 is 2.19 bits per heavy atom. The summed E-state index contributed by atoms with van der Waals surface area (Å²) in [6.45, 7) is 0.969. The van der Waals surface area contributed by atoms with E-state index in [-0.39, 0.29) is 5.56 Å². The van der Waals surface area contributed by atoms with Gasteiger partial charge in [-0.2, -0.15) is 5.10 Å². The van der Waals surface area contributed by atoms with Crippen LogP contribution in [0.4, 0.5) is 0 Å². The second kappa shape index (κ2) is 7.12. The number of hydrogen-bond donors (Lipinski definition) is 2. The summed E-state index contributed by atoms with van der Waals surface area (Å²) >= 11 is 0. The van der Waals surface area contributed by atoms with E-state index in [1.54, 1.807) is 11.7 Å². The Hall–Kier alpha value is -2.14. The predicted octanol–water partition coefficient (Wildman–Crippen LogP) is 3.95. The van der Waals surface area contributed by atoms with E-state index in [0.717, 1.165) is 29.9 Å². The lowest BCUT2D eigenvalue weighted by Gasteiger charge is -2.56. The standard InChI is InChI=1S/C11H10N2O2.C11H19N/c1-13-10(8-5-3-2-4-6-8)9(7-12-13)11(14)15;12-7-11-4-8-1-9(5-11)3-10(2-8)6-11/h2-7H,1H3,(H,14,15);8-10H,1-7,12H2. The number of carboxylic acids is 1. The topological polar surface area (TPSA) is 81.1 Å². The van der Waals surface area contributed by atoms with Crippen LogP contribution in [0.15, 0.2) is 36.5 Å². The number of carbonyl (C=O) groups is 1. The molecular formula is C22H29N3O2. The molecule has 4 fully saturated rings. The van der Waals surface area contributed by atoms with Gasteiger partial charge in [-0.05, 0) is 68.2 Å². The highest BCUT2D eigenvalue weighted by Gasteiger charge is 2.49. The van der Waals surface area contributed by atoms with Crippen molar-refractivity contribution in [3.63, 3.8) is 0 Å². The maximum atomic E-state index is 11.0. The van der Waals surface area contributed by atoms with Gasteiger partial charge in [0.25, 0.3) is 0 Å². The number of aryl methyl sites for hydroxylation is 1. The number of benzene rings is 1. The largest absolute Gasteiger partial charge is 0.478 e. The van der Waals surface area contributed by atoms with Crippen molar-refractivity contribution in [2.24, 2.45) is 36.0 Å². The average Bonchev–Trinajstić information content (AvgIpc) is 3.04. The minimum absolute atomic E-state index is 0.226. The van der Waals surface area contributed by atoms with Crippen LogP contribution in [-0.2, 0) is 7.05 Å². The normalized spacial score (nSPS) is 30.7. The maximum absolute atomic E-state index is 11.0. The van der Waals surface area contributed by atoms with E-state index in [1.165, 1.54) is 44.7 Å². The van der Waals surface area contributed by atoms with Gasteiger partial charge in [0.1, 0.15) is 5.56 Å². The molecule has 4 aliphatic carbocycles. The maximum Gasteiger partial charge on any atom is 0.339 e. The first-order valence-corrected chi connectivity index (χ1v) is 10.0. The number of carboxylic acid groups (broad SMARTS) is 1. The van der Waals surface area contributed by atoms with E-state index in [4.69, 9.17) is 10.8 Å². The highest BCUT2D eigenvalue weighted by Crippen LogP contribution is 2.59. The van der Waals surface area contributed by atoms with Crippen molar-refractivity contribution < 1.29 is 9.90 Å². The Labute approximate surface area is 160 Å². The Morgan fingerprint density at radius 1 is 1.15 bits per heavy atom. The third-order valence-electron chi connectivity index (χ3n) is 6.81. The fourth-order valence-corrected chi connectivity index (χ4v) is 6.07. The molecule has 0 unspecified atom stereocenters. The van der Waals surface area contributed by atoms with E-state index in [2.05, 4.69) is 5.10 Å². The smallest absolute Gasteiger partial charge is 0.339 e. The summed E-state index contributed by atoms with van der Waals surface area (Å²) in [6, 6.07) is 9.36. The number of aromatic nitrogens is 2. The van der Waals surface area contributed by atoms with Gasteiger partial charge >= 0.3 is 5.97 Å². The predicted molar refractivity (Wildman–Crippen MR) is 105 cm³/mol. The van der Waals surface area contributed by atoms with E-state index in [9.17, 15) is 4.79 Å². The number of aromatic carboxylic acids is 1. The Morgan fingerprint density at radius 2 is 1.70 bits per heavy atom. The van der Waals surface area contributed by atoms with Crippen LogP contribution in [0.25, 0.3) is 11.3 Å². The summed E-state index contributed by atoms with van der Waals surface area (Å²) in [4.78, 5) is 11.0. The van der Waals surface area contributed by atoms with Crippen molar-refractivity contribution in [3.8, 4) is 11.3 Å². The van der Waals surface area contributed by atoms with Gasteiger partial charge in [0.05, 0.1) is 11.9 Å². The van der Waals surface area contributed by atoms with Crippen LogP contribution >= 0.6 is 0 Å². The molecule has 4 bridgehead atoms. The van der Waals surface area contributed by atoms with Crippen LogP contribution in [0, 0.1) is 23.2 Å². The first-order valence-electron chi connectivity index (χ1n) is 10.0. The number of nitrogens with two attached hydrogens (primary N) is 1. The van der Waals surface area contributed by atoms with E-state index >= 15 is 0 Å². The zero-order chi connectivity index (χ0) is 19.0. The van der Waals surface area contributed by atoms with Crippen molar-refractivity contribution in [3.05, 3.63) is 42.1 Å². The van der Waals surface area contributed by atoms with Crippen molar-refractivity contribution in [2.75, 3.05) is 6.54 Å². The third-order valence-corrected chi connectivity index (χ3v) is 6.81. The van der Waals surface area contributed by atoms with Gasteiger partial charge in [-0.1, -0.05) is 30.3 Å². The first kappa shape index (κ1) is 18.2. The van der Waals surface area contributed by atoms with Gasteiger partial charge in [-0.25, -0.2) is 4.79 Å². The molecule has 4 aliphatic rings. The zero-order valence-corrected chi connectivity index (χ0v) is 16.0. The number of nitrogens with zero attached hydrogens (tertiary/aromatic N) is 2. The molecular weight excluding hydrogens is 338 g/mol. The van der Waals surface area contributed by atoms with Crippen LogP contribution < -0.4 is 5.73 Å². The third kappa shape index (κ3) is 3.53. The van der Waals surface area contributed by atoms with Crippen LogP contribution in [0.5, 0.6) is 0 Å². The minimum Gasteiger partial charge on any atom is -0.478 e. The Kier molecular flexibility index (Phi) is 4.81. The van der Waals surface area contributed by atoms with Crippen LogP contribution in [-0.4, -0.2) is 27.4 Å². The summed E-state index contributed by atoms with van der Waals surface area (Å²) in [5.74, 6) is 2.25. The van der Waals surface area contributed by atoms with E-state index < -0.39 is 5.97 Å². The van der Waals surface area contributed by atoms with Gasteiger partial charge in [-0.15, -0.1) is 0 Å². The fraction of sp³-hybridized carbons (Fsp3) is 0.545. The van der Waals surface area contributed by atoms with Gasteiger partial charge in [-0.3, -0.25) is 4.68 Å². The first-order chi connectivity index (χ1) is 13.0. The van der Waals surface area contributed by atoms with Gasteiger partial charge in [0, 0.05) is 12.6 Å².